The minimum Gasteiger partial charge on any atom is -0.508 e. The fourth-order valence-corrected chi connectivity index (χ4v) is 2.90. The van der Waals surface area contributed by atoms with E-state index < -0.39 is 0 Å². The monoisotopic (exact) mass is 291 g/mol. The average molecular weight is 291 g/mol. The summed E-state index contributed by atoms with van der Waals surface area (Å²) in [5.74, 6) is 0.678. The molecule has 3 nitrogen and oxygen atoms in total. The van der Waals surface area contributed by atoms with Crippen molar-refractivity contribution >= 4 is 11.6 Å². The molecule has 0 saturated carbocycles. The first-order chi connectivity index (χ1) is 9.64. The van der Waals surface area contributed by atoms with Gasteiger partial charge in [0.1, 0.15) is 5.75 Å². The van der Waals surface area contributed by atoms with E-state index in [9.17, 15) is 9.90 Å². The fraction of sp³-hybridized carbons (Fsp3) is 0.611. The van der Waals surface area contributed by atoms with E-state index >= 15 is 0 Å². The minimum absolute atomic E-state index is 0.128. The van der Waals surface area contributed by atoms with E-state index in [1.807, 2.05) is 19.9 Å². The smallest absolute Gasteiger partial charge is 0.227 e. The van der Waals surface area contributed by atoms with Crippen LogP contribution >= 0.6 is 0 Å². The lowest BCUT2D eigenvalue weighted by molar-refractivity contribution is -0.119. The highest BCUT2D eigenvalue weighted by molar-refractivity contribution is 5.94. The van der Waals surface area contributed by atoms with Crippen LogP contribution in [-0.4, -0.2) is 17.6 Å². The zero-order chi connectivity index (χ0) is 16.2. The Morgan fingerprint density at radius 1 is 1.33 bits per heavy atom. The molecule has 1 N–H and O–H groups in total. The van der Waals surface area contributed by atoms with Crippen molar-refractivity contribution in [2.75, 3.05) is 11.4 Å². The molecular formula is C18H29NO2. The third kappa shape index (κ3) is 5.41. The molecular weight excluding hydrogens is 262 g/mol. The molecule has 1 amide bonds. The summed E-state index contributed by atoms with van der Waals surface area (Å²) in [5, 5.41) is 9.66. The molecule has 118 valence electrons. The summed E-state index contributed by atoms with van der Waals surface area (Å²) < 4.78 is 0. The second-order valence-corrected chi connectivity index (χ2v) is 7.18. The number of hydrogen-bond acceptors (Lipinski definition) is 2. The van der Waals surface area contributed by atoms with E-state index in [4.69, 9.17) is 0 Å². The van der Waals surface area contributed by atoms with E-state index in [1.165, 1.54) is 0 Å². The predicted molar refractivity (Wildman–Crippen MR) is 88.7 cm³/mol. The standard InChI is InChI=1S/C18H29NO2/c1-7-19(16-11-15(20)9-8-14(16)3)17(21)10-13(2)12-18(4,5)6/h8-9,11,13,20H,7,10,12H2,1-6H3. The van der Waals surface area contributed by atoms with Crippen LogP contribution in [0, 0.1) is 18.3 Å². The summed E-state index contributed by atoms with van der Waals surface area (Å²) in [6, 6.07) is 5.17. The van der Waals surface area contributed by atoms with Crippen LogP contribution in [0.5, 0.6) is 5.75 Å². The Bertz CT molecular complexity index is 488. The van der Waals surface area contributed by atoms with Gasteiger partial charge < -0.3 is 10.0 Å². The molecule has 1 atom stereocenters. The van der Waals surface area contributed by atoms with Gasteiger partial charge in [0.2, 0.25) is 5.91 Å². The van der Waals surface area contributed by atoms with Crippen LogP contribution in [0.3, 0.4) is 0 Å². The Labute approximate surface area is 129 Å². The zero-order valence-corrected chi connectivity index (χ0v) is 14.2. The Kier molecular flexibility index (Phi) is 5.82. The molecule has 0 radical (unpaired) electrons. The highest BCUT2D eigenvalue weighted by atomic mass is 16.3. The molecule has 0 spiro atoms. The van der Waals surface area contributed by atoms with Crippen LogP contribution in [0.1, 0.15) is 53.0 Å². The molecule has 0 aromatic heterocycles. The SMILES string of the molecule is CCN(C(=O)CC(C)CC(C)(C)C)c1cc(O)ccc1C. The lowest BCUT2D eigenvalue weighted by Crippen LogP contribution is -2.32. The van der Waals surface area contributed by atoms with Gasteiger partial charge >= 0.3 is 0 Å². The number of hydrogen-bond donors (Lipinski definition) is 1. The quantitative estimate of drug-likeness (QED) is 0.866. The summed E-state index contributed by atoms with van der Waals surface area (Å²) in [7, 11) is 0. The van der Waals surface area contributed by atoms with Gasteiger partial charge in [-0.15, -0.1) is 0 Å². The number of carbonyl (C=O) groups is 1. The number of carbonyl (C=O) groups excluding carboxylic acids is 1. The van der Waals surface area contributed by atoms with Crippen molar-refractivity contribution in [3.8, 4) is 5.75 Å². The molecule has 0 bridgehead atoms. The van der Waals surface area contributed by atoms with E-state index in [0.29, 0.717) is 18.9 Å². The molecule has 3 heteroatoms. The summed E-state index contributed by atoms with van der Waals surface area (Å²) in [5.41, 5.74) is 2.05. The zero-order valence-electron chi connectivity index (χ0n) is 14.2. The van der Waals surface area contributed by atoms with E-state index in [-0.39, 0.29) is 17.1 Å². The molecule has 1 rings (SSSR count). The van der Waals surface area contributed by atoms with Crippen molar-refractivity contribution in [3.63, 3.8) is 0 Å². The van der Waals surface area contributed by atoms with Crippen LogP contribution in [0.15, 0.2) is 18.2 Å². The number of phenols is 1. The highest BCUT2D eigenvalue weighted by Gasteiger charge is 2.22. The van der Waals surface area contributed by atoms with Crippen molar-refractivity contribution < 1.29 is 9.90 Å². The largest absolute Gasteiger partial charge is 0.508 e. The molecule has 0 saturated heterocycles. The third-order valence-corrected chi connectivity index (χ3v) is 3.58. The van der Waals surface area contributed by atoms with Crippen LogP contribution in [0.2, 0.25) is 0 Å². The van der Waals surface area contributed by atoms with Gasteiger partial charge in [0, 0.05) is 19.0 Å². The Balaban J connectivity index is 2.85. The first kappa shape index (κ1) is 17.5. The second kappa shape index (κ2) is 6.97. The maximum Gasteiger partial charge on any atom is 0.227 e. The summed E-state index contributed by atoms with van der Waals surface area (Å²) in [6.45, 7) is 13.3. The topological polar surface area (TPSA) is 40.5 Å². The van der Waals surface area contributed by atoms with Crippen molar-refractivity contribution in [1.82, 2.24) is 0 Å². The van der Waals surface area contributed by atoms with Gasteiger partial charge in [0.15, 0.2) is 0 Å². The Hall–Kier alpha value is -1.51. The van der Waals surface area contributed by atoms with Gasteiger partial charge in [0.25, 0.3) is 0 Å². The molecule has 0 aliphatic rings. The van der Waals surface area contributed by atoms with Gasteiger partial charge in [-0.05, 0) is 43.2 Å². The van der Waals surface area contributed by atoms with Crippen molar-refractivity contribution in [3.05, 3.63) is 23.8 Å². The summed E-state index contributed by atoms with van der Waals surface area (Å²) in [6.07, 6.45) is 1.57. The predicted octanol–water partition coefficient (Wildman–Crippen LogP) is 4.52. The molecule has 1 unspecified atom stereocenters. The Morgan fingerprint density at radius 2 is 1.95 bits per heavy atom. The van der Waals surface area contributed by atoms with E-state index in [2.05, 4.69) is 27.7 Å². The molecule has 0 aliphatic heterocycles. The molecule has 1 aromatic carbocycles. The Morgan fingerprint density at radius 3 is 2.48 bits per heavy atom. The lowest BCUT2D eigenvalue weighted by Gasteiger charge is -2.27. The molecule has 0 fully saturated rings. The fourth-order valence-electron chi connectivity index (χ4n) is 2.90. The molecule has 21 heavy (non-hydrogen) atoms. The van der Waals surface area contributed by atoms with Crippen molar-refractivity contribution in [2.24, 2.45) is 11.3 Å². The number of anilines is 1. The number of amides is 1. The second-order valence-electron chi connectivity index (χ2n) is 7.18. The number of aromatic hydroxyl groups is 1. The average Bonchev–Trinajstić information content (AvgIpc) is 2.31. The van der Waals surface area contributed by atoms with Crippen molar-refractivity contribution in [1.29, 1.82) is 0 Å². The van der Waals surface area contributed by atoms with E-state index in [1.54, 1.807) is 17.0 Å². The van der Waals surface area contributed by atoms with Gasteiger partial charge in [-0.1, -0.05) is 33.8 Å². The minimum atomic E-state index is 0.128. The van der Waals surface area contributed by atoms with Crippen LogP contribution in [-0.2, 0) is 4.79 Å². The van der Waals surface area contributed by atoms with Crippen molar-refractivity contribution in [2.45, 2.75) is 54.4 Å². The summed E-state index contributed by atoms with van der Waals surface area (Å²) >= 11 is 0. The van der Waals surface area contributed by atoms with Crippen LogP contribution in [0.25, 0.3) is 0 Å². The number of nitrogens with zero attached hydrogens (tertiary/aromatic N) is 1. The van der Waals surface area contributed by atoms with Gasteiger partial charge in [0.05, 0.1) is 5.69 Å². The summed E-state index contributed by atoms with van der Waals surface area (Å²) in [4.78, 5) is 14.4. The molecule has 1 aromatic rings. The number of aryl methyl sites for hydroxylation is 1. The number of phenolic OH excluding ortho intramolecular Hbond substituents is 1. The first-order valence-electron chi connectivity index (χ1n) is 7.74. The number of rotatable bonds is 5. The van der Waals surface area contributed by atoms with Gasteiger partial charge in [-0.3, -0.25) is 4.79 Å². The van der Waals surface area contributed by atoms with Gasteiger partial charge in [-0.25, -0.2) is 0 Å². The maximum absolute atomic E-state index is 12.6. The first-order valence-corrected chi connectivity index (χ1v) is 7.74. The maximum atomic E-state index is 12.6. The number of benzene rings is 1. The van der Waals surface area contributed by atoms with Crippen LogP contribution < -0.4 is 4.90 Å². The van der Waals surface area contributed by atoms with E-state index in [0.717, 1.165) is 17.7 Å². The molecule has 0 aliphatic carbocycles. The highest BCUT2D eigenvalue weighted by Crippen LogP contribution is 2.29. The normalized spacial score (nSPS) is 13.0. The van der Waals surface area contributed by atoms with Crippen LogP contribution in [0.4, 0.5) is 5.69 Å². The van der Waals surface area contributed by atoms with Gasteiger partial charge in [-0.2, -0.15) is 0 Å². The third-order valence-electron chi connectivity index (χ3n) is 3.58. The lowest BCUT2D eigenvalue weighted by atomic mass is 9.84. The molecule has 0 heterocycles.